The Kier molecular flexibility index (Phi) is 5.47. The van der Waals surface area contributed by atoms with Crippen LogP contribution in [0.1, 0.15) is 27.7 Å². The first-order valence-electron chi connectivity index (χ1n) is 10.4. The lowest BCUT2D eigenvalue weighted by Gasteiger charge is -2.08. The smallest absolute Gasteiger partial charge is 0.258 e. The molecule has 0 aliphatic heterocycles. The van der Waals surface area contributed by atoms with E-state index in [2.05, 4.69) is 27.5 Å². The largest absolute Gasteiger partial charge is 0.298 e. The van der Waals surface area contributed by atoms with Crippen LogP contribution in [0.5, 0.6) is 0 Å². The number of hydrogen-bond donors (Lipinski definition) is 1. The summed E-state index contributed by atoms with van der Waals surface area (Å²) in [5.41, 5.74) is 4.13. The van der Waals surface area contributed by atoms with E-state index < -0.39 is 0 Å². The van der Waals surface area contributed by atoms with Gasteiger partial charge in [-0.25, -0.2) is 14.6 Å². The molecule has 7 heteroatoms. The number of nitrogens with one attached hydrogen (secondary N) is 1. The Bertz CT molecular complexity index is 1380. The molecule has 0 aliphatic rings. The third-order valence-electron chi connectivity index (χ3n) is 5.22. The zero-order valence-electron chi connectivity index (χ0n) is 17.5. The molecule has 0 aliphatic carbocycles. The third-order valence-corrected chi connectivity index (χ3v) is 6.13. The summed E-state index contributed by atoms with van der Waals surface area (Å²) in [6, 6.07) is 21.9. The minimum atomic E-state index is -0.217. The SMILES string of the molecule is CCn1ncc2c(C(=O)Nc3ncc(Cc4ccccc4)s3)cc(-c3ccccc3)nc21. The fourth-order valence-electron chi connectivity index (χ4n) is 3.63. The molecule has 5 rings (SSSR count). The van der Waals surface area contributed by atoms with E-state index in [1.165, 1.54) is 16.9 Å². The summed E-state index contributed by atoms with van der Waals surface area (Å²) >= 11 is 1.49. The lowest BCUT2D eigenvalue weighted by atomic mass is 10.1. The number of carbonyl (C=O) groups is 1. The number of nitrogens with zero attached hydrogens (tertiary/aromatic N) is 4. The molecule has 32 heavy (non-hydrogen) atoms. The maximum atomic E-state index is 13.3. The number of aryl methyl sites for hydroxylation is 1. The van der Waals surface area contributed by atoms with E-state index in [0.717, 1.165) is 27.9 Å². The Hall–Kier alpha value is -3.84. The van der Waals surface area contributed by atoms with Crippen LogP contribution in [0.15, 0.2) is 79.1 Å². The Morgan fingerprint density at radius 2 is 1.78 bits per heavy atom. The number of aromatic nitrogens is 4. The van der Waals surface area contributed by atoms with Crippen molar-refractivity contribution in [3.8, 4) is 11.3 Å². The number of hydrogen-bond acceptors (Lipinski definition) is 5. The molecule has 0 atom stereocenters. The monoisotopic (exact) mass is 439 g/mol. The zero-order valence-corrected chi connectivity index (χ0v) is 18.3. The van der Waals surface area contributed by atoms with Gasteiger partial charge in [0.05, 0.1) is 22.8 Å². The molecule has 3 heterocycles. The van der Waals surface area contributed by atoms with Crippen molar-refractivity contribution in [1.82, 2.24) is 19.7 Å². The van der Waals surface area contributed by atoms with Gasteiger partial charge in [0.25, 0.3) is 5.91 Å². The lowest BCUT2D eigenvalue weighted by Crippen LogP contribution is -2.13. The van der Waals surface area contributed by atoms with Gasteiger partial charge in [-0.2, -0.15) is 5.10 Å². The van der Waals surface area contributed by atoms with Crippen LogP contribution < -0.4 is 5.32 Å². The predicted molar refractivity (Wildman–Crippen MR) is 128 cm³/mol. The van der Waals surface area contributed by atoms with E-state index in [4.69, 9.17) is 4.98 Å². The van der Waals surface area contributed by atoms with Crippen molar-refractivity contribution in [1.29, 1.82) is 0 Å². The van der Waals surface area contributed by atoms with Crippen LogP contribution in [-0.4, -0.2) is 25.7 Å². The second-order valence-electron chi connectivity index (χ2n) is 7.37. The average molecular weight is 440 g/mol. The molecule has 0 saturated carbocycles. The van der Waals surface area contributed by atoms with Gasteiger partial charge in [0, 0.05) is 29.6 Å². The molecule has 1 amide bonds. The molecule has 1 N–H and O–H groups in total. The first-order valence-corrected chi connectivity index (χ1v) is 11.2. The van der Waals surface area contributed by atoms with E-state index in [-0.39, 0.29) is 5.91 Å². The molecule has 0 fully saturated rings. The van der Waals surface area contributed by atoms with Crippen LogP contribution in [0.25, 0.3) is 22.3 Å². The van der Waals surface area contributed by atoms with Gasteiger partial charge in [-0.05, 0) is 18.6 Å². The Balaban J connectivity index is 1.46. The lowest BCUT2D eigenvalue weighted by molar-refractivity contribution is 0.102. The van der Waals surface area contributed by atoms with Crippen molar-refractivity contribution >= 4 is 33.4 Å². The summed E-state index contributed by atoms with van der Waals surface area (Å²) in [6.07, 6.45) is 4.31. The van der Waals surface area contributed by atoms with Gasteiger partial charge in [0.15, 0.2) is 10.8 Å². The molecule has 2 aromatic carbocycles. The van der Waals surface area contributed by atoms with E-state index >= 15 is 0 Å². The van der Waals surface area contributed by atoms with Crippen LogP contribution in [0, 0.1) is 0 Å². The summed E-state index contributed by atoms with van der Waals surface area (Å²) in [4.78, 5) is 23.6. The number of benzene rings is 2. The van der Waals surface area contributed by atoms with Crippen LogP contribution in [-0.2, 0) is 13.0 Å². The molecule has 0 saturated heterocycles. The average Bonchev–Trinajstić information content (AvgIpc) is 3.46. The number of anilines is 1. The second-order valence-corrected chi connectivity index (χ2v) is 8.48. The minimum absolute atomic E-state index is 0.217. The summed E-state index contributed by atoms with van der Waals surface area (Å²) in [5.74, 6) is -0.217. The molecule has 6 nitrogen and oxygen atoms in total. The normalized spacial score (nSPS) is 11.0. The highest BCUT2D eigenvalue weighted by Gasteiger charge is 2.18. The van der Waals surface area contributed by atoms with Crippen molar-refractivity contribution in [3.05, 3.63) is 95.1 Å². The van der Waals surface area contributed by atoms with Crippen LogP contribution in [0.4, 0.5) is 5.13 Å². The number of rotatable bonds is 6. The first kappa shape index (κ1) is 20.1. The highest BCUT2D eigenvalue weighted by molar-refractivity contribution is 7.15. The number of thiazole rings is 1. The van der Waals surface area contributed by atoms with Crippen molar-refractivity contribution in [2.24, 2.45) is 0 Å². The molecular weight excluding hydrogens is 418 g/mol. The summed E-state index contributed by atoms with van der Waals surface area (Å²) < 4.78 is 1.81. The number of carbonyl (C=O) groups excluding carboxylic acids is 1. The summed E-state index contributed by atoms with van der Waals surface area (Å²) in [6.45, 7) is 2.68. The number of pyridine rings is 1. The van der Waals surface area contributed by atoms with Crippen molar-refractivity contribution in [2.75, 3.05) is 5.32 Å². The molecule has 0 unspecified atom stereocenters. The van der Waals surface area contributed by atoms with Gasteiger partial charge in [0.1, 0.15) is 0 Å². The highest BCUT2D eigenvalue weighted by Crippen LogP contribution is 2.27. The minimum Gasteiger partial charge on any atom is -0.298 e. The molecule has 5 aromatic rings. The van der Waals surface area contributed by atoms with Gasteiger partial charge in [0.2, 0.25) is 0 Å². The second kappa shape index (κ2) is 8.72. The molecular formula is C25H21N5OS. The van der Waals surface area contributed by atoms with Crippen molar-refractivity contribution < 1.29 is 4.79 Å². The quantitative estimate of drug-likeness (QED) is 0.384. The molecule has 3 aromatic heterocycles. The number of amides is 1. The maximum Gasteiger partial charge on any atom is 0.258 e. The molecule has 0 spiro atoms. The van der Waals surface area contributed by atoms with Crippen LogP contribution in [0.2, 0.25) is 0 Å². The Morgan fingerprint density at radius 3 is 2.53 bits per heavy atom. The van der Waals surface area contributed by atoms with E-state index in [9.17, 15) is 4.79 Å². The molecule has 0 bridgehead atoms. The van der Waals surface area contributed by atoms with Crippen molar-refractivity contribution in [3.63, 3.8) is 0 Å². The van der Waals surface area contributed by atoms with Crippen molar-refractivity contribution in [2.45, 2.75) is 19.9 Å². The predicted octanol–water partition coefficient (Wildman–Crippen LogP) is 5.42. The standard InChI is InChI=1S/C25H21N5OS/c1-2-30-23-21(16-27-30)20(14-22(28-23)18-11-7-4-8-12-18)24(31)29-25-26-15-19(32-25)13-17-9-5-3-6-10-17/h3-12,14-16H,2,13H2,1H3,(H,26,29,31). The summed E-state index contributed by atoms with van der Waals surface area (Å²) in [7, 11) is 0. The highest BCUT2D eigenvalue weighted by atomic mass is 32.1. The summed E-state index contributed by atoms with van der Waals surface area (Å²) in [5, 5.41) is 8.68. The van der Waals surface area contributed by atoms with Gasteiger partial charge < -0.3 is 0 Å². The third kappa shape index (κ3) is 4.02. The van der Waals surface area contributed by atoms with Gasteiger partial charge >= 0.3 is 0 Å². The zero-order chi connectivity index (χ0) is 21.9. The Labute approximate surface area is 189 Å². The topological polar surface area (TPSA) is 72.7 Å². The van der Waals surface area contributed by atoms with Crippen LogP contribution >= 0.6 is 11.3 Å². The van der Waals surface area contributed by atoms with Gasteiger partial charge in [-0.15, -0.1) is 11.3 Å². The Morgan fingerprint density at radius 1 is 1.03 bits per heavy atom. The first-order chi connectivity index (χ1) is 15.7. The van der Waals surface area contributed by atoms with E-state index in [0.29, 0.717) is 22.9 Å². The maximum absolute atomic E-state index is 13.3. The van der Waals surface area contributed by atoms with E-state index in [1.54, 1.807) is 10.9 Å². The molecule has 0 radical (unpaired) electrons. The van der Waals surface area contributed by atoms with Crippen LogP contribution in [0.3, 0.4) is 0 Å². The van der Waals surface area contributed by atoms with E-state index in [1.807, 2.05) is 67.7 Å². The molecule has 158 valence electrons. The number of fused-ring (bicyclic) bond motifs is 1. The van der Waals surface area contributed by atoms with Gasteiger partial charge in [-0.1, -0.05) is 60.7 Å². The fourth-order valence-corrected chi connectivity index (χ4v) is 4.47. The van der Waals surface area contributed by atoms with Gasteiger partial charge in [-0.3, -0.25) is 10.1 Å². The fraction of sp³-hybridized carbons (Fsp3) is 0.120.